The van der Waals surface area contributed by atoms with Gasteiger partial charge in [-0.05, 0) is 49.2 Å². The average Bonchev–Trinajstić information content (AvgIpc) is 3.19. The van der Waals surface area contributed by atoms with Gasteiger partial charge in [-0.3, -0.25) is 15.6 Å². The number of carbonyl (C=O) groups is 1. The number of ether oxygens (including phenoxy) is 1. The van der Waals surface area contributed by atoms with Crippen LogP contribution >= 0.6 is 34.8 Å². The number of rotatable bonds is 7. The van der Waals surface area contributed by atoms with Gasteiger partial charge in [0.1, 0.15) is 0 Å². The summed E-state index contributed by atoms with van der Waals surface area (Å²) >= 11 is 17.9. The van der Waals surface area contributed by atoms with Crippen molar-refractivity contribution in [3.05, 3.63) is 57.0 Å². The van der Waals surface area contributed by atoms with E-state index in [-0.39, 0.29) is 33.2 Å². The van der Waals surface area contributed by atoms with E-state index in [2.05, 4.69) is 15.6 Å². The van der Waals surface area contributed by atoms with E-state index in [4.69, 9.17) is 39.5 Å². The number of hydrazine groups is 1. The summed E-state index contributed by atoms with van der Waals surface area (Å²) in [6, 6.07) is 8.48. The second-order valence-electron chi connectivity index (χ2n) is 6.33. The number of hydrogen-bond acceptors (Lipinski definition) is 5. The number of amides is 1. The van der Waals surface area contributed by atoms with E-state index in [1.807, 2.05) is 0 Å². The summed E-state index contributed by atoms with van der Waals surface area (Å²) in [5, 5.41) is 0.838. The summed E-state index contributed by atoms with van der Waals surface area (Å²) in [6.45, 7) is 0.869. The fourth-order valence-corrected chi connectivity index (χ4v) is 4.71. The van der Waals surface area contributed by atoms with Gasteiger partial charge in [-0.1, -0.05) is 34.8 Å². The Morgan fingerprint density at radius 3 is 2.34 bits per heavy atom. The topological polar surface area (TPSA) is 96.5 Å². The Kier molecular flexibility index (Phi) is 7.26. The van der Waals surface area contributed by atoms with Crippen LogP contribution in [0.25, 0.3) is 0 Å². The van der Waals surface area contributed by atoms with Gasteiger partial charge >= 0.3 is 0 Å². The summed E-state index contributed by atoms with van der Waals surface area (Å²) in [7, 11) is -3.69. The van der Waals surface area contributed by atoms with Gasteiger partial charge < -0.3 is 4.74 Å². The molecule has 11 heteroatoms. The predicted molar refractivity (Wildman–Crippen MR) is 113 cm³/mol. The van der Waals surface area contributed by atoms with Crippen LogP contribution in [-0.2, 0) is 14.8 Å². The zero-order valence-corrected chi connectivity index (χ0v) is 18.1. The van der Waals surface area contributed by atoms with Gasteiger partial charge in [0, 0.05) is 23.7 Å². The van der Waals surface area contributed by atoms with Crippen LogP contribution in [0.2, 0.25) is 15.1 Å². The Labute approximate surface area is 183 Å². The van der Waals surface area contributed by atoms with Crippen molar-refractivity contribution >= 4 is 56.4 Å². The summed E-state index contributed by atoms with van der Waals surface area (Å²) < 4.78 is 32.7. The van der Waals surface area contributed by atoms with Gasteiger partial charge in [-0.15, -0.1) is 0 Å². The first kappa shape index (κ1) is 22.1. The lowest BCUT2D eigenvalue weighted by Crippen LogP contribution is -2.32. The average molecular weight is 479 g/mol. The first-order chi connectivity index (χ1) is 13.8. The Bertz CT molecular complexity index is 971. The molecule has 1 unspecified atom stereocenters. The number of sulfonamides is 1. The molecule has 0 bridgehead atoms. The van der Waals surface area contributed by atoms with Crippen molar-refractivity contribution in [1.29, 1.82) is 0 Å². The first-order valence-electron chi connectivity index (χ1n) is 8.68. The van der Waals surface area contributed by atoms with Crippen molar-refractivity contribution in [3.8, 4) is 0 Å². The lowest BCUT2D eigenvalue weighted by atomic mass is 10.2. The zero-order chi connectivity index (χ0) is 21.0. The Balaban J connectivity index is 1.61. The summed E-state index contributed by atoms with van der Waals surface area (Å²) in [6.07, 6.45) is 1.65. The third-order valence-electron chi connectivity index (χ3n) is 4.26. The van der Waals surface area contributed by atoms with Gasteiger partial charge in [-0.2, -0.15) is 0 Å². The maximum Gasteiger partial charge on any atom is 0.269 e. The van der Waals surface area contributed by atoms with E-state index in [0.29, 0.717) is 17.3 Å². The summed E-state index contributed by atoms with van der Waals surface area (Å²) in [4.78, 5) is 12.4. The molecule has 0 radical (unpaired) electrons. The standard InChI is InChI=1S/C18H18Cl3N3O4S/c19-12-8-15(20)17(16(21)9-12)23-24-18(25)11-3-5-14(6-4-11)29(26,27)22-10-13-2-1-7-28-13/h3-6,8-9,13,22-23H,1-2,7,10H2,(H,24,25). The van der Waals surface area contributed by atoms with Crippen molar-refractivity contribution in [2.45, 2.75) is 23.8 Å². The molecule has 7 nitrogen and oxygen atoms in total. The molecule has 2 aromatic rings. The normalized spacial score (nSPS) is 16.6. The molecule has 2 aromatic carbocycles. The number of benzene rings is 2. The fraction of sp³-hybridized carbons (Fsp3) is 0.278. The van der Waals surface area contributed by atoms with Gasteiger partial charge in [0.2, 0.25) is 10.0 Å². The molecular formula is C18H18Cl3N3O4S. The minimum absolute atomic E-state index is 0.0591. The molecule has 1 heterocycles. The van der Waals surface area contributed by atoms with Crippen LogP contribution in [0.15, 0.2) is 41.3 Å². The highest BCUT2D eigenvalue weighted by Crippen LogP contribution is 2.33. The van der Waals surface area contributed by atoms with Gasteiger partial charge in [0.15, 0.2) is 0 Å². The van der Waals surface area contributed by atoms with E-state index < -0.39 is 15.9 Å². The Morgan fingerprint density at radius 1 is 1.10 bits per heavy atom. The molecule has 3 rings (SSSR count). The van der Waals surface area contributed by atoms with Crippen LogP contribution in [0.4, 0.5) is 5.69 Å². The third-order valence-corrected chi connectivity index (χ3v) is 6.51. The van der Waals surface area contributed by atoms with Crippen LogP contribution in [0.3, 0.4) is 0 Å². The van der Waals surface area contributed by atoms with E-state index in [1.54, 1.807) is 0 Å². The fourth-order valence-electron chi connectivity index (χ4n) is 2.73. The van der Waals surface area contributed by atoms with Gasteiger partial charge in [0.05, 0.1) is 26.7 Å². The Morgan fingerprint density at radius 2 is 1.76 bits per heavy atom. The van der Waals surface area contributed by atoms with E-state index in [0.717, 1.165) is 12.8 Å². The molecule has 1 aliphatic heterocycles. The second kappa shape index (κ2) is 9.51. The lowest BCUT2D eigenvalue weighted by molar-refractivity contribution is 0.0962. The number of halogens is 3. The number of hydrogen-bond donors (Lipinski definition) is 3. The molecule has 3 N–H and O–H groups in total. The lowest BCUT2D eigenvalue weighted by Gasteiger charge is -2.13. The summed E-state index contributed by atoms with van der Waals surface area (Å²) in [5.41, 5.74) is 5.63. The molecule has 156 valence electrons. The first-order valence-corrected chi connectivity index (χ1v) is 11.3. The minimum Gasteiger partial charge on any atom is -0.377 e. The molecule has 0 aliphatic carbocycles. The predicted octanol–water partition coefficient (Wildman–Crippen LogP) is 3.86. The van der Waals surface area contributed by atoms with Crippen LogP contribution in [-0.4, -0.2) is 33.6 Å². The molecule has 1 fully saturated rings. The van der Waals surface area contributed by atoms with Crippen molar-refractivity contribution < 1.29 is 17.9 Å². The SMILES string of the molecule is O=C(NNc1c(Cl)cc(Cl)cc1Cl)c1ccc(S(=O)(=O)NCC2CCCO2)cc1. The number of nitrogens with one attached hydrogen (secondary N) is 3. The van der Waals surface area contributed by atoms with Crippen molar-refractivity contribution in [2.75, 3.05) is 18.6 Å². The highest BCUT2D eigenvalue weighted by Gasteiger charge is 2.20. The number of carbonyl (C=O) groups excluding carboxylic acids is 1. The van der Waals surface area contributed by atoms with E-state index in [1.165, 1.54) is 36.4 Å². The maximum absolute atomic E-state index is 12.4. The van der Waals surface area contributed by atoms with E-state index >= 15 is 0 Å². The minimum atomic E-state index is -3.69. The van der Waals surface area contributed by atoms with Crippen LogP contribution in [0.5, 0.6) is 0 Å². The Hall–Kier alpha value is -1.55. The van der Waals surface area contributed by atoms with Crippen molar-refractivity contribution in [1.82, 2.24) is 10.1 Å². The molecule has 1 atom stereocenters. The van der Waals surface area contributed by atoms with Crippen LogP contribution < -0.4 is 15.6 Å². The maximum atomic E-state index is 12.4. The van der Waals surface area contributed by atoms with E-state index in [9.17, 15) is 13.2 Å². The van der Waals surface area contributed by atoms with Crippen LogP contribution in [0, 0.1) is 0 Å². The third kappa shape index (κ3) is 5.75. The molecule has 1 saturated heterocycles. The number of anilines is 1. The molecule has 0 saturated carbocycles. The molecule has 1 amide bonds. The highest BCUT2D eigenvalue weighted by atomic mass is 35.5. The molecule has 0 spiro atoms. The smallest absolute Gasteiger partial charge is 0.269 e. The highest BCUT2D eigenvalue weighted by molar-refractivity contribution is 7.89. The molecular weight excluding hydrogens is 461 g/mol. The van der Waals surface area contributed by atoms with Crippen molar-refractivity contribution in [3.63, 3.8) is 0 Å². The molecule has 1 aliphatic rings. The molecule has 0 aromatic heterocycles. The molecule has 29 heavy (non-hydrogen) atoms. The zero-order valence-electron chi connectivity index (χ0n) is 15.0. The largest absolute Gasteiger partial charge is 0.377 e. The van der Waals surface area contributed by atoms with Gasteiger partial charge in [-0.25, -0.2) is 13.1 Å². The van der Waals surface area contributed by atoms with Crippen molar-refractivity contribution in [2.24, 2.45) is 0 Å². The second-order valence-corrected chi connectivity index (χ2v) is 9.35. The van der Waals surface area contributed by atoms with Crippen LogP contribution in [0.1, 0.15) is 23.2 Å². The quantitative estimate of drug-likeness (QED) is 0.525. The van der Waals surface area contributed by atoms with Gasteiger partial charge in [0.25, 0.3) is 5.91 Å². The summed E-state index contributed by atoms with van der Waals surface area (Å²) in [5.74, 6) is -0.497. The monoisotopic (exact) mass is 477 g/mol.